The third kappa shape index (κ3) is 2.92. The van der Waals surface area contributed by atoms with Crippen LogP contribution >= 0.6 is 11.8 Å². The lowest BCUT2D eigenvalue weighted by molar-refractivity contribution is 0.593. The average molecular weight is 227 g/mol. The second-order valence-electron chi connectivity index (χ2n) is 3.95. The number of nitrogens with zero attached hydrogens (tertiary/aromatic N) is 4. The molecule has 1 saturated carbocycles. The predicted molar refractivity (Wildman–Crippen MR) is 60.5 cm³/mol. The predicted octanol–water partition coefficient (Wildman–Crippen LogP) is 0.978. The maximum Gasteiger partial charge on any atom is 0.161 e. The Labute approximate surface area is 93.8 Å². The second-order valence-corrected chi connectivity index (χ2v) is 4.98. The molecule has 2 rings (SSSR count). The fourth-order valence-corrected chi connectivity index (χ4v) is 2.36. The summed E-state index contributed by atoms with van der Waals surface area (Å²) in [7, 11) is 0. The van der Waals surface area contributed by atoms with Crippen LogP contribution in [0.4, 0.5) is 0 Å². The molecule has 15 heavy (non-hydrogen) atoms. The van der Waals surface area contributed by atoms with Crippen molar-refractivity contribution in [3.63, 3.8) is 0 Å². The van der Waals surface area contributed by atoms with Crippen LogP contribution in [0.5, 0.6) is 0 Å². The molecule has 0 amide bonds. The van der Waals surface area contributed by atoms with E-state index in [0.29, 0.717) is 12.1 Å². The number of nitrogens with two attached hydrogens (primary N) is 1. The summed E-state index contributed by atoms with van der Waals surface area (Å²) in [5.41, 5.74) is 5.84. The Balaban J connectivity index is 1.80. The van der Waals surface area contributed by atoms with E-state index in [-0.39, 0.29) is 0 Å². The molecule has 0 aromatic carbocycles. The highest BCUT2D eigenvalue weighted by atomic mass is 32.2. The Hall–Kier alpha value is -0.620. The van der Waals surface area contributed by atoms with Gasteiger partial charge in [0.2, 0.25) is 0 Å². The fraction of sp³-hybridized carbons (Fsp3) is 0.889. The molecule has 0 spiro atoms. The second kappa shape index (κ2) is 4.94. The van der Waals surface area contributed by atoms with Crippen LogP contribution in [0, 0.1) is 0 Å². The number of thioether (sulfide) groups is 1. The normalized spacial score (nSPS) is 18.0. The van der Waals surface area contributed by atoms with Crippen LogP contribution in [0.2, 0.25) is 0 Å². The molecule has 84 valence electrons. The minimum atomic E-state index is 0.292. The first kappa shape index (κ1) is 10.9. The Bertz CT molecular complexity index is 309. The van der Waals surface area contributed by atoms with Gasteiger partial charge in [-0.2, -0.15) is 11.8 Å². The minimum absolute atomic E-state index is 0.292. The maximum atomic E-state index is 5.84. The Morgan fingerprint density at radius 2 is 2.40 bits per heavy atom. The Morgan fingerprint density at radius 1 is 1.60 bits per heavy atom. The van der Waals surface area contributed by atoms with E-state index in [1.54, 1.807) is 0 Å². The van der Waals surface area contributed by atoms with E-state index < -0.39 is 0 Å². The van der Waals surface area contributed by atoms with Crippen molar-refractivity contribution in [2.45, 2.75) is 44.0 Å². The number of tetrazole rings is 1. The van der Waals surface area contributed by atoms with Crippen molar-refractivity contribution in [2.75, 3.05) is 5.75 Å². The molecule has 1 heterocycles. The molecule has 1 atom stereocenters. The van der Waals surface area contributed by atoms with Crippen molar-refractivity contribution in [3.8, 4) is 0 Å². The van der Waals surface area contributed by atoms with Crippen LogP contribution < -0.4 is 5.73 Å². The van der Waals surface area contributed by atoms with Crippen molar-refractivity contribution in [2.24, 2.45) is 5.73 Å². The van der Waals surface area contributed by atoms with E-state index in [4.69, 9.17) is 5.73 Å². The maximum absolute atomic E-state index is 5.84. The first-order valence-corrected chi connectivity index (χ1v) is 6.56. The van der Waals surface area contributed by atoms with Crippen LogP contribution in [0.25, 0.3) is 0 Å². The Morgan fingerprint density at radius 3 is 3.07 bits per heavy atom. The van der Waals surface area contributed by atoms with Gasteiger partial charge >= 0.3 is 0 Å². The fourth-order valence-electron chi connectivity index (χ4n) is 1.33. The quantitative estimate of drug-likeness (QED) is 0.784. The summed E-state index contributed by atoms with van der Waals surface area (Å²) in [6.45, 7) is 2.11. The highest BCUT2D eigenvalue weighted by Crippen LogP contribution is 2.34. The molecule has 1 unspecified atom stereocenters. The number of aromatic nitrogens is 4. The van der Waals surface area contributed by atoms with Crippen LogP contribution in [-0.4, -0.2) is 32.0 Å². The summed E-state index contributed by atoms with van der Waals surface area (Å²) in [6, 6.07) is 0.857. The molecule has 1 aliphatic rings. The molecule has 0 aliphatic heterocycles. The lowest BCUT2D eigenvalue weighted by atomic mass is 10.3. The summed E-state index contributed by atoms with van der Waals surface area (Å²) in [4.78, 5) is 0. The molecule has 1 aromatic rings. The zero-order chi connectivity index (χ0) is 10.7. The van der Waals surface area contributed by atoms with Crippen molar-refractivity contribution < 1.29 is 0 Å². The van der Waals surface area contributed by atoms with Gasteiger partial charge in [0.05, 0.1) is 11.8 Å². The van der Waals surface area contributed by atoms with Gasteiger partial charge < -0.3 is 5.73 Å². The molecule has 0 radical (unpaired) electrons. The largest absolute Gasteiger partial charge is 0.327 e. The molecule has 2 N–H and O–H groups in total. The molecular weight excluding hydrogens is 210 g/mol. The van der Waals surface area contributed by atoms with E-state index >= 15 is 0 Å². The number of hydrogen-bond acceptors (Lipinski definition) is 5. The van der Waals surface area contributed by atoms with E-state index in [2.05, 4.69) is 22.4 Å². The molecular formula is C9H17N5S. The van der Waals surface area contributed by atoms with Crippen molar-refractivity contribution in [1.29, 1.82) is 0 Å². The number of rotatable bonds is 6. The zero-order valence-corrected chi connectivity index (χ0v) is 9.78. The average Bonchev–Trinajstić information content (AvgIpc) is 2.99. The molecule has 0 bridgehead atoms. The summed E-state index contributed by atoms with van der Waals surface area (Å²) in [5, 5.41) is 11.8. The van der Waals surface area contributed by atoms with Crippen LogP contribution in [0.15, 0.2) is 0 Å². The molecule has 6 heteroatoms. The molecule has 0 saturated heterocycles. The van der Waals surface area contributed by atoms with Crippen molar-refractivity contribution in [3.05, 3.63) is 5.82 Å². The number of hydrogen-bond donors (Lipinski definition) is 1. The lowest BCUT2D eigenvalue weighted by Crippen LogP contribution is -2.21. The first-order chi connectivity index (χ1) is 7.31. The standard InChI is InChI=1S/C9H17N5S/c1-2-7(10)5-15-6-9-11-12-13-14(9)8-3-4-8/h7-8H,2-6,10H2,1H3. The van der Waals surface area contributed by atoms with E-state index in [1.807, 2.05) is 16.4 Å². The summed E-state index contributed by atoms with van der Waals surface area (Å²) >= 11 is 1.81. The van der Waals surface area contributed by atoms with Crippen LogP contribution in [0.1, 0.15) is 38.1 Å². The third-order valence-corrected chi connectivity index (χ3v) is 3.67. The first-order valence-electron chi connectivity index (χ1n) is 5.41. The van der Waals surface area contributed by atoms with E-state index in [0.717, 1.165) is 23.8 Å². The van der Waals surface area contributed by atoms with Crippen molar-refractivity contribution in [1.82, 2.24) is 20.2 Å². The van der Waals surface area contributed by atoms with Gasteiger partial charge in [0, 0.05) is 11.8 Å². The highest BCUT2D eigenvalue weighted by molar-refractivity contribution is 7.98. The molecule has 5 nitrogen and oxygen atoms in total. The summed E-state index contributed by atoms with van der Waals surface area (Å²) in [6.07, 6.45) is 3.47. The van der Waals surface area contributed by atoms with Gasteiger partial charge in [0.25, 0.3) is 0 Å². The van der Waals surface area contributed by atoms with Gasteiger partial charge in [-0.25, -0.2) is 4.68 Å². The van der Waals surface area contributed by atoms with Gasteiger partial charge in [0.1, 0.15) is 0 Å². The van der Waals surface area contributed by atoms with E-state index in [1.165, 1.54) is 12.8 Å². The Kier molecular flexibility index (Phi) is 3.58. The van der Waals surface area contributed by atoms with Crippen molar-refractivity contribution >= 4 is 11.8 Å². The van der Waals surface area contributed by atoms with Gasteiger partial charge in [0.15, 0.2) is 5.82 Å². The van der Waals surface area contributed by atoms with Crippen LogP contribution in [0.3, 0.4) is 0 Å². The SMILES string of the molecule is CCC(N)CSCc1nnnn1C1CC1. The van der Waals surface area contributed by atoms with Crippen LogP contribution in [-0.2, 0) is 5.75 Å². The van der Waals surface area contributed by atoms with Gasteiger partial charge in [-0.3, -0.25) is 0 Å². The smallest absolute Gasteiger partial charge is 0.161 e. The van der Waals surface area contributed by atoms with E-state index in [9.17, 15) is 0 Å². The lowest BCUT2D eigenvalue weighted by Gasteiger charge is -2.07. The summed E-state index contributed by atoms with van der Waals surface area (Å²) in [5.74, 6) is 2.84. The molecule has 1 aliphatic carbocycles. The molecule has 1 fully saturated rings. The van der Waals surface area contributed by atoms with Gasteiger partial charge in [-0.15, -0.1) is 5.10 Å². The monoisotopic (exact) mass is 227 g/mol. The highest BCUT2D eigenvalue weighted by Gasteiger charge is 2.27. The van der Waals surface area contributed by atoms with Gasteiger partial charge in [-0.05, 0) is 29.7 Å². The molecule has 1 aromatic heterocycles. The minimum Gasteiger partial charge on any atom is -0.327 e. The third-order valence-electron chi connectivity index (χ3n) is 2.54. The summed E-state index contributed by atoms with van der Waals surface area (Å²) < 4.78 is 1.96. The topological polar surface area (TPSA) is 69.6 Å². The van der Waals surface area contributed by atoms with Gasteiger partial charge in [-0.1, -0.05) is 6.92 Å². The zero-order valence-electron chi connectivity index (χ0n) is 8.96.